The molecule has 4 unspecified atom stereocenters. The van der Waals surface area contributed by atoms with Crippen LogP contribution in [0.4, 0.5) is 0 Å². The molecule has 0 amide bonds. The number of rotatable bonds is 3. The van der Waals surface area contributed by atoms with Gasteiger partial charge in [-0.25, -0.2) is 8.42 Å². The van der Waals surface area contributed by atoms with Crippen LogP contribution in [0.3, 0.4) is 0 Å². The Kier molecular flexibility index (Phi) is 5.38. The largest absolute Gasteiger partial charge is 0.377 e. The van der Waals surface area contributed by atoms with Gasteiger partial charge < -0.3 is 15.4 Å². The maximum Gasteiger partial charge on any atom is 0.191 e. The predicted molar refractivity (Wildman–Crippen MR) is 105 cm³/mol. The summed E-state index contributed by atoms with van der Waals surface area (Å²) in [5, 5.41) is 6.99. The third kappa shape index (κ3) is 3.06. The van der Waals surface area contributed by atoms with Gasteiger partial charge in [0.1, 0.15) is 0 Å². The molecular formula is C16H28IN3O3S. The van der Waals surface area contributed by atoms with Gasteiger partial charge in [0.2, 0.25) is 0 Å². The normalized spacial score (nSPS) is 38.6. The lowest BCUT2D eigenvalue weighted by Gasteiger charge is -2.63. The lowest BCUT2D eigenvalue weighted by atomic mass is 9.46. The molecule has 4 atom stereocenters. The molecule has 2 aliphatic heterocycles. The molecule has 4 aliphatic rings. The van der Waals surface area contributed by atoms with Gasteiger partial charge in [0.25, 0.3) is 0 Å². The van der Waals surface area contributed by atoms with Crippen LogP contribution in [0.1, 0.15) is 39.0 Å². The molecule has 138 valence electrons. The zero-order chi connectivity index (χ0) is 16.1. The molecule has 2 saturated heterocycles. The average Bonchev–Trinajstić information content (AvgIpc) is 2.99. The minimum atomic E-state index is -2.87. The van der Waals surface area contributed by atoms with E-state index < -0.39 is 9.84 Å². The van der Waals surface area contributed by atoms with E-state index in [1.165, 1.54) is 19.3 Å². The van der Waals surface area contributed by atoms with Gasteiger partial charge in [-0.05, 0) is 32.6 Å². The van der Waals surface area contributed by atoms with Crippen LogP contribution < -0.4 is 10.6 Å². The van der Waals surface area contributed by atoms with E-state index in [-0.39, 0.29) is 41.5 Å². The van der Waals surface area contributed by atoms with E-state index in [1.807, 2.05) is 6.92 Å². The van der Waals surface area contributed by atoms with Crippen molar-refractivity contribution in [3.05, 3.63) is 0 Å². The molecule has 0 aromatic carbocycles. The van der Waals surface area contributed by atoms with Crippen LogP contribution in [-0.4, -0.2) is 57.2 Å². The number of fused-ring (bicyclic) bond motifs is 2. The summed E-state index contributed by atoms with van der Waals surface area (Å²) in [6.45, 7) is 3.58. The second-order valence-electron chi connectivity index (χ2n) is 7.52. The standard InChI is InChI=1S/C16H27N3O3S.HI/c1-2-17-15(18-11-5-9-23(20,21)10-11)19-13-12-4-8-22-14(12)16(13)6-3-7-16;/h11-14H,2-10H2,1H3,(H2,17,18,19);1H. The molecule has 0 aromatic heterocycles. The molecule has 2 N–H and O–H groups in total. The fourth-order valence-corrected chi connectivity index (χ4v) is 6.67. The van der Waals surface area contributed by atoms with Crippen molar-refractivity contribution < 1.29 is 13.2 Å². The highest BCUT2D eigenvalue weighted by molar-refractivity contribution is 14.0. The summed E-state index contributed by atoms with van der Waals surface area (Å²) < 4.78 is 29.3. The summed E-state index contributed by atoms with van der Waals surface area (Å²) in [6.07, 6.45) is 6.01. The molecule has 1 spiro atoms. The summed E-state index contributed by atoms with van der Waals surface area (Å²) in [7, 11) is -2.87. The van der Waals surface area contributed by atoms with Crippen molar-refractivity contribution in [2.45, 2.75) is 57.2 Å². The van der Waals surface area contributed by atoms with Crippen LogP contribution in [0.15, 0.2) is 4.99 Å². The first kappa shape index (κ1) is 18.7. The smallest absolute Gasteiger partial charge is 0.191 e. The highest BCUT2D eigenvalue weighted by Gasteiger charge is 2.66. The monoisotopic (exact) mass is 469 g/mol. The van der Waals surface area contributed by atoms with Crippen LogP contribution in [0, 0.1) is 11.3 Å². The fraction of sp³-hybridized carbons (Fsp3) is 0.938. The molecule has 0 radical (unpaired) electrons. The van der Waals surface area contributed by atoms with E-state index in [9.17, 15) is 8.42 Å². The third-order valence-electron chi connectivity index (χ3n) is 6.22. The van der Waals surface area contributed by atoms with Crippen molar-refractivity contribution in [2.24, 2.45) is 16.3 Å². The summed E-state index contributed by atoms with van der Waals surface area (Å²) in [4.78, 5) is 4.55. The number of sulfone groups is 1. The van der Waals surface area contributed by atoms with Crippen molar-refractivity contribution in [3.8, 4) is 0 Å². The van der Waals surface area contributed by atoms with Crippen LogP contribution in [0.25, 0.3) is 0 Å². The van der Waals surface area contributed by atoms with Crippen LogP contribution in [0.2, 0.25) is 0 Å². The molecular weight excluding hydrogens is 441 g/mol. The molecule has 6 nitrogen and oxygen atoms in total. The average molecular weight is 469 g/mol. The van der Waals surface area contributed by atoms with Gasteiger partial charge in [0.05, 0.1) is 17.6 Å². The number of nitrogens with zero attached hydrogens (tertiary/aromatic N) is 1. The zero-order valence-electron chi connectivity index (χ0n) is 14.2. The van der Waals surface area contributed by atoms with Crippen LogP contribution in [-0.2, 0) is 14.6 Å². The number of nitrogens with one attached hydrogen (secondary N) is 2. The Morgan fingerprint density at radius 1 is 1.29 bits per heavy atom. The number of hydrogen-bond acceptors (Lipinski definition) is 4. The van der Waals surface area contributed by atoms with E-state index in [0.717, 1.165) is 19.0 Å². The Bertz CT molecular complexity index is 606. The zero-order valence-corrected chi connectivity index (χ0v) is 17.3. The minimum absolute atomic E-state index is 0. The highest BCUT2D eigenvalue weighted by atomic mass is 127. The van der Waals surface area contributed by atoms with E-state index >= 15 is 0 Å². The van der Waals surface area contributed by atoms with E-state index in [0.29, 0.717) is 36.4 Å². The lowest BCUT2D eigenvalue weighted by molar-refractivity contribution is -0.171. The topological polar surface area (TPSA) is 79.8 Å². The Morgan fingerprint density at radius 3 is 2.67 bits per heavy atom. The Labute approximate surface area is 161 Å². The molecule has 2 saturated carbocycles. The molecule has 0 bridgehead atoms. The molecule has 2 aliphatic carbocycles. The number of halogens is 1. The van der Waals surface area contributed by atoms with Gasteiger partial charge in [0.15, 0.2) is 15.8 Å². The van der Waals surface area contributed by atoms with Crippen molar-refractivity contribution in [3.63, 3.8) is 0 Å². The van der Waals surface area contributed by atoms with Crippen LogP contribution in [0.5, 0.6) is 0 Å². The van der Waals surface area contributed by atoms with Gasteiger partial charge >= 0.3 is 0 Å². The SMILES string of the molecule is CCN=C(NC1CCS(=O)(=O)C1)NC1C2CCOC2C12CCC2.I. The van der Waals surface area contributed by atoms with Gasteiger partial charge in [-0.15, -0.1) is 24.0 Å². The first-order valence-electron chi connectivity index (χ1n) is 8.94. The number of aliphatic imine (C=N–C) groups is 1. The first-order chi connectivity index (χ1) is 11.0. The summed E-state index contributed by atoms with van der Waals surface area (Å²) in [5.74, 6) is 1.89. The van der Waals surface area contributed by atoms with Crippen molar-refractivity contribution >= 4 is 39.8 Å². The maximum absolute atomic E-state index is 11.7. The second kappa shape index (κ2) is 6.90. The summed E-state index contributed by atoms with van der Waals surface area (Å²) in [6, 6.07) is 0.422. The van der Waals surface area contributed by atoms with Gasteiger partial charge in [-0.1, -0.05) is 6.42 Å². The Hall–Kier alpha value is -0.0900. The van der Waals surface area contributed by atoms with Crippen molar-refractivity contribution in [1.29, 1.82) is 0 Å². The van der Waals surface area contributed by atoms with Crippen molar-refractivity contribution in [2.75, 3.05) is 24.7 Å². The fourth-order valence-electron chi connectivity index (χ4n) is 5.00. The Morgan fingerprint density at radius 2 is 2.08 bits per heavy atom. The highest BCUT2D eigenvalue weighted by Crippen LogP contribution is 2.62. The summed E-state index contributed by atoms with van der Waals surface area (Å²) in [5.41, 5.74) is 0.305. The quantitative estimate of drug-likeness (QED) is 0.370. The van der Waals surface area contributed by atoms with Gasteiger partial charge in [0, 0.05) is 36.6 Å². The molecule has 24 heavy (non-hydrogen) atoms. The van der Waals surface area contributed by atoms with E-state index in [1.54, 1.807) is 0 Å². The number of guanidine groups is 1. The summed E-state index contributed by atoms with van der Waals surface area (Å²) >= 11 is 0. The van der Waals surface area contributed by atoms with E-state index in [4.69, 9.17) is 4.74 Å². The molecule has 4 fully saturated rings. The number of hydrogen-bond donors (Lipinski definition) is 2. The van der Waals surface area contributed by atoms with Crippen LogP contribution >= 0.6 is 24.0 Å². The lowest BCUT2D eigenvalue weighted by Crippen LogP contribution is -2.72. The van der Waals surface area contributed by atoms with Crippen molar-refractivity contribution in [1.82, 2.24) is 10.6 Å². The molecule has 0 aromatic rings. The predicted octanol–water partition coefficient (Wildman–Crippen LogP) is 1.30. The molecule has 4 rings (SSSR count). The third-order valence-corrected chi connectivity index (χ3v) is 7.99. The molecule has 2 heterocycles. The first-order valence-corrected chi connectivity index (χ1v) is 10.8. The van der Waals surface area contributed by atoms with Gasteiger partial charge in [-0.3, -0.25) is 4.99 Å². The Balaban J connectivity index is 0.00000169. The molecule has 8 heteroatoms. The van der Waals surface area contributed by atoms with E-state index in [2.05, 4.69) is 15.6 Å². The minimum Gasteiger partial charge on any atom is -0.377 e. The maximum atomic E-state index is 11.7. The number of ether oxygens (including phenoxy) is 1. The van der Waals surface area contributed by atoms with Gasteiger partial charge in [-0.2, -0.15) is 0 Å². The second-order valence-corrected chi connectivity index (χ2v) is 9.75.